The molecule has 0 radical (unpaired) electrons. The molecule has 1 N–H and O–H groups in total. The molecule has 1 aliphatic heterocycles. The third-order valence-corrected chi connectivity index (χ3v) is 5.73. The van der Waals surface area contributed by atoms with Crippen LogP contribution in [0.2, 0.25) is 5.02 Å². The summed E-state index contributed by atoms with van der Waals surface area (Å²) >= 11 is 9.48. The van der Waals surface area contributed by atoms with Crippen LogP contribution in [0.4, 0.5) is 5.69 Å². The number of anilines is 1. The maximum atomic E-state index is 12.3. The van der Waals surface area contributed by atoms with Crippen LogP contribution in [0, 0.1) is 0 Å². The van der Waals surface area contributed by atoms with E-state index in [1.54, 1.807) is 19.2 Å². The lowest BCUT2D eigenvalue weighted by Gasteiger charge is -2.36. The maximum Gasteiger partial charge on any atom is 0.252 e. The molecule has 0 aromatic heterocycles. The Morgan fingerprint density at radius 3 is 2.68 bits per heavy atom. The normalized spacial score (nSPS) is 14.8. The second kappa shape index (κ2) is 10.1. The quantitative estimate of drug-likeness (QED) is 0.625. The molecule has 7 heteroatoms. The monoisotopic (exact) mass is 465 g/mol. The number of hydrogen-bond acceptors (Lipinski definition) is 4. The van der Waals surface area contributed by atoms with Crippen LogP contribution >= 0.6 is 27.5 Å². The number of nitrogens with zero attached hydrogens (tertiary/aromatic N) is 2. The van der Waals surface area contributed by atoms with Gasteiger partial charge in [-0.25, -0.2) is 0 Å². The van der Waals surface area contributed by atoms with Crippen molar-refractivity contribution in [2.45, 2.75) is 6.42 Å². The first-order valence-electron chi connectivity index (χ1n) is 9.42. The first kappa shape index (κ1) is 21.0. The third kappa shape index (κ3) is 5.40. The van der Waals surface area contributed by atoms with Crippen molar-refractivity contribution >= 4 is 39.1 Å². The van der Waals surface area contributed by atoms with Crippen LogP contribution < -0.4 is 15.0 Å². The Labute approximate surface area is 179 Å². The summed E-state index contributed by atoms with van der Waals surface area (Å²) in [5.41, 5.74) is 1.66. The molecule has 2 aromatic rings. The van der Waals surface area contributed by atoms with E-state index in [1.165, 1.54) is 0 Å². The second-order valence-electron chi connectivity index (χ2n) is 6.73. The number of benzene rings is 2. The summed E-state index contributed by atoms with van der Waals surface area (Å²) in [6, 6.07) is 13.4. The van der Waals surface area contributed by atoms with Gasteiger partial charge in [-0.1, -0.05) is 39.7 Å². The van der Waals surface area contributed by atoms with Crippen molar-refractivity contribution in [3.05, 3.63) is 57.5 Å². The smallest absolute Gasteiger partial charge is 0.252 e. The number of ether oxygens (including phenoxy) is 1. The Morgan fingerprint density at radius 1 is 1.18 bits per heavy atom. The molecule has 1 heterocycles. The highest BCUT2D eigenvalue weighted by Gasteiger charge is 2.19. The number of para-hydroxylation sites is 2. The first-order valence-corrected chi connectivity index (χ1v) is 10.6. The largest absolute Gasteiger partial charge is 0.495 e. The molecule has 1 amide bonds. The number of hydrogen-bond donors (Lipinski definition) is 1. The van der Waals surface area contributed by atoms with E-state index in [4.69, 9.17) is 16.3 Å². The molecule has 0 spiro atoms. The van der Waals surface area contributed by atoms with Crippen LogP contribution in [0.25, 0.3) is 0 Å². The molecule has 2 aromatic carbocycles. The highest BCUT2D eigenvalue weighted by molar-refractivity contribution is 9.10. The zero-order valence-electron chi connectivity index (χ0n) is 16.0. The highest BCUT2D eigenvalue weighted by Crippen LogP contribution is 2.28. The highest BCUT2D eigenvalue weighted by atomic mass is 79.9. The van der Waals surface area contributed by atoms with E-state index in [2.05, 4.69) is 37.1 Å². The number of piperazine rings is 1. The fourth-order valence-corrected chi connectivity index (χ4v) is 3.94. The summed E-state index contributed by atoms with van der Waals surface area (Å²) in [7, 11) is 1.71. The van der Waals surface area contributed by atoms with Gasteiger partial charge in [-0.3, -0.25) is 9.69 Å². The summed E-state index contributed by atoms with van der Waals surface area (Å²) in [5, 5.41) is 3.42. The van der Waals surface area contributed by atoms with Gasteiger partial charge in [0.05, 0.1) is 23.4 Å². The summed E-state index contributed by atoms with van der Waals surface area (Å²) in [4.78, 5) is 17.1. The fourth-order valence-electron chi connectivity index (χ4n) is 3.37. The number of amides is 1. The van der Waals surface area contributed by atoms with Gasteiger partial charge in [0.2, 0.25) is 0 Å². The second-order valence-corrected chi connectivity index (χ2v) is 8.06. The van der Waals surface area contributed by atoms with Gasteiger partial charge in [0, 0.05) is 37.2 Å². The zero-order valence-corrected chi connectivity index (χ0v) is 18.3. The predicted molar refractivity (Wildman–Crippen MR) is 118 cm³/mol. The average Bonchev–Trinajstić information content (AvgIpc) is 2.73. The Bertz CT molecular complexity index is 810. The standard InChI is InChI=1S/C21H25BrClN3O2/c1-28-20-6-3-2-5-19(20)26-13-11-25(12-14-26)10-4-9-24-21(27)17-15-16(22)7-8-18(17)23/h2-3,5-8,15H,4,9-14H2,1H3,(H,24,27). The summed E-state index contributed by atoms with van der Waals surface area (Å²) < 4.78 is 6.31. The van der Waals surface area contributed by atoms with Crippen LogP contribution in [-0.4, -0.2) is 57.2 Å². The van der Waals surface area contributed by atoms with Gasteiger partial charge in [0.25, 0.3) is 5.91 Å². The molecule has 3 rings (SSSR count). The third-order valence-electron chi connectivity index (χ3n) is 4.91. The number of carbonyl (C=O) groups is 1. The van der Waals surface area contributed by atoms with Gasteiger partial charge >= 0.3 is 0 Å². The minimum Gasteiger partial charge on any atom is -0.495 e. The number of carbonyl (C=O) groups excluding carboxylic acids is 1. The summed E-state index contributed by atoms with van der Waals surface area (Å²) in [5.74, 6) is 0.789. The average molecular weight is 467 g/mol. The summed E-state index contributed by atoms with van der Waals surface area (Å²) in [6.45, 7) is 5.55. The molecule has 0 unspecified atom stereocenters. The van der Waals surface area contributed by atoms with Gasteiger partial charge in [-0.2, -0.15) is 0 Å². The van der Waals surface area contributed by atoms with E-state index in [9.17, 15) is 4.79 Å². The minimum atomic E-state index is -0.132. The summed E-state index contributed by atoms with van der Waals surface area (Å²) in [6.07, 6.45) is 0.909. The Kier molecular flexibility index (Phi) is 7.59. The van der Waals surface area contributed by atoms with E-state index >= 15 is 0 Å². The molecular formula is C21H25BrClN3O2. The lowest BCUT2D eigenvalue weighted by atomic mass is 10.2. The van der Waals surface area contributed by atoms with Crippen molar-refractivity contribution in [3.63, 3.8) is 0 Å². The molecule has 0 saturated carbocycles. The van der Waals surface area contributed by atoms with Crippen LogP contribution in [0.1, 0.15) is 16.8 Å². The van der Waals surface area contributed by atoms with E-state index < -0.39 is 0 Å². The number of methoxy groups -OCH3 is 1. The van der Waals surface area contributed by atoms with Crippen LogP contribution in [0.5, 0.6) is 5.75 Å². The van der Waals surface area contributed by atoms with Gasteiger partial charge in [-0.05, 0) is 43.3 Å². The van der Waals surface area contributed by atoms with Crippen molar-refractivity contribution in [3.8, 4) is 5.75 Å². The number of nitrogens with one attached hydrogen (secondary N) is 1. The predicted octanol–water partition coefficient (Wildman–Crippen LogP) is 4.05. The Balaban J connectivity index is 1.40. The maximum absolute atomic E-state index is 12.3. The Morgan fingerprint density at radius 2 is 1.93 bits per heavy atom. The van der Waals surface area contributed by atoms with Crippen molar-refractivity contribution in [2.75, 3.05) is 51.3 Å². The molecule has 0 aliphatic carbocycles. The van der Waals surface area contributed by atoms with Gasteiger partial charge in [0.15, 0.2) is 0 Å². The van der Waals surface area contributed by atoms with Gasteiger partial charge < -0.3 is 15.0 Å². The van der Waals surface area contributed by atoms with Gasteiger partial charge in [0.1, 0.15) is 5.75 Å². The molecule has 0 bridgehead atoms. The number of rotatable bonds is 7. The zero-order chi connectivity index (χ0) is 19.9. The first-order chi connectivity index (χ1) is 13.6. The molecule has 0 atom stereocenters. The van der Waals surface area contributed by atoms with Crippen LogP contribution in [-0.2, 0) is 0 Å². The van der Waals surface area contributed by atoms with Crippen molar-refractivity contribution in [1.29, 1.82) is 0 Å². The molecule has 28 heavy (non-hydrogen) atoms. The van der Waals surface area contributed by atoms with Crippen LogP contribution in [0.15, 0.2) is 46.9 Å². The fraction of sp³-hybridized carbons (Fsp3) is 0.381. The molecule has 1 saturated heterocycles. The van der Waals surface area contributed by atoms with Crippen molar-refractivity contribution in [1.82, 2.24) is 10.2 Å². The van der Waals surface area contributed by atoms with Crippen LogP contribution in [0.3, 0.4) is 0 Å². The lowest BCUT2D eigenvalue weighted by molar-refractivity contribution is 0.0951. The van der Waals surface area contributed by atoms with E-state index in [0.717, 1.165) is 55.1 Å². The topological polar surface area (TPSA) is 44.8 Å². The molecule has 1 aliphatic rings. The van der Waals surface area contributed by atoms with E-state index in [-0.39, 0.29) is 5.91 Å². The number of halogens is 2. The molecule has 150 valence electrons. The van der Waals surface area contributed by atoms with Gasteiger partial charge in [-0.15, -0.1) is 0 Å². The molecular weight excluding hydrogens is 442 g/mol. The SMILES string of the molecule is COc1ccccc1N1CCN(CCCNC(=O)c2cc(Br)ccc2Cl)CC1. The van der Waals surface area contributed by atoms with Crippen molar-refractivity contribution < 1.29 is 9.53 Å². The van der Waals surface area contributed by atoms with E-state index in [1.807, 2.05) is 24.3 Å². The van der Waals surface area contributed by atoms with Crippen molar-refractivity contribution in [2.24, 2.45) is 0 Å². The Hall–Kier alpha value is -1.76. The molecule has 1 fully saturated rings. The molecule has 5 nitrogen and oxygen atoms in total. The lowest BCUT2D eigenvalue weighted by Crippen LogP contribution is -2.47. The van der Waals surface area contributed by atoms with E-state index in [0.29, 0.717) is 17.1 Å². The minimum absolute atomic E-state index is 0.132.